The van der Waals surface area contributed by atoms with E-state index in [0.717, 1.165) is 28.2 Å². The largest absolute Gasteiger partial charge is 0.465 e. The highest BCUT2D eigenvalue weighted by Gasteiger charge is 2.35. The average Bonchev–Trinajstić information content (AvgIpc) is 3.05. The van der Waals surface area contributed by atoms with Crippen molar-refractivity contribution < 1.29 is 14.3 Å². The molecule has 1 aromatic heterocycles. The summed E-state index contributed by atoms with van der Waals surface area (Å²) in [6.07, 6.45) is 1.76. The molecule has 1 amide bonds. The number of ether oxygens (including phenoxy) is 1. The molecular weight excluding hydrogens is 376 g/mol. The Morgan fingerprint density at radius 2 is 1.82 bits per heavy atom. The number of hydrogen-bond acceptors (Lipinski definition) is 3. The van der Waals surface area contributed by atoms with Gasteiger partial charge >= 0.3 is 5.97 Å². The van der Waals surface area contributed by atoms with Crippen LogP contribution in [0.4, 0.5) is 0 Å². The van der Waals surface area contributed by atoms with Gasteiger partial charge in [0, 0.05) is 34.8 Å². The zero-order valence-corrected chi connectivity index (χ0v) is 17.6. The number of amides is 1. The number of rotatable bonds is 3. The molecule has 0 saturated carbocycles. The Morgan fingerprint density at radius 3 is 2.46 bits per heavy atom. The Balaban J connectivity index is 2.17. The summed E-state index contributed by atoms with van der Waals surface area (Å²) in [5, 5.41) is 0.659. The van der Waals surface area contributed by atoms with Crippen LogP contribution in [0, 0.1) is 20.8 Å². The van der Waals surface area contributed by atoms with Gasteiger partial charge in [0.15, 0.2) is 0 Å². The fourth-order valence-electron chi connectivity index (χ4n) is 3.58. The third-order valence-corrected chi connectivity index (χ3v) is 5.48. The fourth-order valence-corrected chi connectivity index (χ4v) is 3.75. The van der Waals surface area contributed by atoms with Gasteiger partial charge in [-0.1, -0.05) is 17.7 Å². The lowest BCUT2D eigenvalue weighted by Crippen LogP contribution is -2.19. The van der Waals surface area contributed by atoms with Gasteiger partial charge in [-0.05, 0) is 63.1 Å². The Labute approximate surface area is 169 Å². The van der Waals surface area contributed by atoms with Gasteiger partial charge < -0.3 is 14.2 Å². The third kappa shape index (κ3) is 3.16. The highest BCUT2D eigenvalue weighted by Crippen LogP contribution is 2.32. The van der Waals surface area contributed by atoms with E-state index in [0.29, 0.717) is 21.9 Å². The van der Waals surface area contributed by atoms with Gasteiger partial charge in [-0.15, -0.1) is 0 Å². The molecule has 0 atom stereocenters. The van der Waals surface area contributed by atoms with E-state index < -0.39 is 5.97 Å². The first-order valence-electron chi connectivity index (χ1n) is 8.92. The van der Waals surface area contributed by atoms with Crippen molar-refractivity contribution in [2.45, 2.75) is 27.7 Å². The van der Waals surface area contributed by atoms with E-state index in [1.165, 1.54) is 12.0 Å². The van der Waals surface area contributed by atoms with Crippen LogP contribution in [0.3, 0.4) is 0 Å². The minimum atomic E-state index is -0.513. The van der Waals surface area contributed by atoms with Gasteiger partial charge in [0.2, 0.25) is 0 Å². The van der Waals surface area contributed by atoms with E-state index in [9.17, 15) is 9.59 Å². The van der Waals surface area contributed by atoms with Crippen molar-refractivity contribution >= 4 is 29.6 Å². The van der Waals surface area contributed by atoms with Crippen LogP contribution in [0.1, 0.15) is 29.4 Å². The molecule has 0 N–H and O–H groups in total. The number of carbonyl (C=O) groups excluding carboxylic acids is 2. The van der Waals surface area contributed by atoms with Crippen molar-refractivity contribution in [3.05, 3.63) is 68.6 Å². The van der Waals surface area contributed by atoms with Crippen molar-refractivity contribution in [1.82, 2.24) is 9.47 Å². The molecule has 28 heavy (non-hydrogen) atoms. The number of halogens is 1. The number of aryl methyl sites for hydroxylation is 2. The Morgan fingerprint density at radius 1 is 1.14 bits per heavy atom. The van der Waals surface area contributed by atoms with Gasteiger partial charge in [-0.3, -0.25) is 4.79 Å². The first-order valence-corrected chi connectivity index (χ1v) is 9.30. The molecule has 1 aliphatic heterocycles. The number of esters is 1. The monoisotopic (exact) mass is 398 g/mol. The number of methoxy groups -OCH3 is 1. The Bertz CT molecular complexity index is 1060. The van der Waals surface area contributed by atoms with E-state index >= 15 is 0 Å². The van der Waals surface area contributed by atoms with E-state index in [4.69, 9.17) is 16.3 Å². The number of likely N-dealkylation sites (N-methyl/N-ethyl adjacent to an activating group) is 1. The molecule has 0 radical (unpaired) electrons. The van der Waals surface area contributed by atoms with Crippen LogP contribution in [0.2, 0.25) is 5.02 Å². The maximum Gasteiger partial charge on any atom is 0.340 e. The van der Waals surface area contributed by atoms with Gasteiger partial charge in [0.25, 0.3) is 5.91 Å². The molecule has 0 unspecified atom stereocenters. The normalized spacial score (nSPS) is 15.8. The van der Waals surface area contributed by atoms with Crippen LogP contribution < -0.4 is 0 Å². The summed E-state index contributed by atoms with van der Waals surface area (Å²) >= 11 is 6.20. The first-order chi connectivity index (χ1) is 13.2. The van der Waals surface area contributed by atoms with Crippen LogP contribution >= 0.6 is 11.6 Å². The molecule has 3 rings (SSSR count). The summed E-state index contributed by atoms with van der Waals surface area (Å²) in [7, 11) is 2.97. The van der Waals surface area contributed by atoms with Crippen molar-refractivity contribution in [3.8, 4) is 5.69 Å². The second kappa shape index (κ2) is 7.32. The quantitative estimate of drug-likeness (QED) is 0.570. The van der Waals surface area contributed by atoms with Gasteiger partial charge in [0.1, 0.15) is 0 Å². The maximum atomic E-state index is 12.7. The molecule has 0 aliphatic carbocycles. The molecule has 6 heteroatoms. The summed E-state index contributed by atoms with van der Waals surface area (Å²) in [4.78, 5) is 26.4. The van der Waals surface area contributed by atoms with Crippen molar-refractivity contribution in [2.75, 3.05) is 14.2 Å². The van der Waals surface area contributed by atoms with E-state index in [1.54, 1.807) is 20.0 Å². The standard InChI is InChI=1S/C22H23ClN2O3/c1-12-7-8-17(23)11-19(12)25-13(2)9-16(14(25)3)10-18-20(22(27)28-6)15(4)24(5)21(18)26/h7-11H,1-6H3/b18-10-. The van der Waals surface area contributed by atoms with Crippen molar-refractivity contribution in [1.29, 1.82) is 0 Å². The van der Waals surface area contributed by atoms with Crippen molar-refractivity contribution in [3.63, 3.8) is 0 Å². The van der Waals surface area contributed by atoms with Gasteiger partial charge in [0.05, 0.1) is 18.3 Å². The summed E-state index contributed by atoms with van der Waals surface area (Å²) < 4.78 is 6.99. The zero-order valence-electron chi connectivity index (χ0n) is 16.9. The number of hydrogen-bond donors (Lipinski definition) is 0. The number of allylic oxidation sites excluding steroid dienone is 1. The summed E-state index contributed by atoms with van der Waals surface area (Å²) in [5.41, 5.74) is 6.14. The Hall–Kier alpha value is -2.79. The molecule has 5 nitrogen and oxygen atoms in total. The Kier molecular flexibility index (Phi) is 5.22. The molecule has 2 aromatic rings. The molecule has 0 saturated heterocycles. The molecule has 2 heterocycles. The van der Waals surface area contributed by atoms with E-state index in [1.807, 2.05) is 45.0 Å². The number of carbonyl (C=O) groups is 2. The molecule has 0 spiro atoms. The maximum absolute atomic E-state index is 12.7. The molecule has 0 bridgehead atoms. The van der Waals surface area contributed by atoms with E-state index in [-0.39, 0.29) is 5.91 Å². The van der Waals surface area contributed by atoms with Crippen LogP contribution in [-0.4, -0.2) is 35.5 Å². The first kappa shape index (κ1) is 20.0. The summed E-state index contributed by atoms with van der Waals surface area (Å²) in [5.74, 6) is -0.734. The predicted molar refractivity (Wildman–Crippen MR) is 110 cm³/mol. The summed E-state index contributed by atoms with van der Waals surface area (Å²) in [6.45, 7) is 7.75. The predicted octanol–water partition coefficient (Wildman–Crippen LogP) is 4.36. The fraction of sp³-hybridized carbons (Fsp3) is 0.273. The van der Waals surface area contributed by atoms with Crippen LogP contribution in [0.25, 0.3) is 11.8 Å². The van der Waals surface area contributed by atoms with E-state index in [2.05, 4.69) is 4.57 Å². The van der Waals surface area contributed by atoms with Crippen LogP contribution in [0.5, 0.6) is 0 Å². The average molecular weight is 399 g/mol. The lowest BCUT2D eigenvalue weighted by molar-refractivity contribution is -0.136. The smallest absolute Gasteiger partial charge is 0.340 e. The highest BCUT2D eigenvalue weighted by molar-refractivity contribution is 6.30. The van der Waals surface area contributed by atoms with Gasteiger partial charge in [-0.2, -0.15) is 0 Å². The number of nitrogens with zero attached hydrogens (tertiary/aromatic N) is 2. The zero-order chi connectivity index (χ0) is 20.7. The van der Waals surface area contributed by atoms with Crippen molar-refractivity contribution in [2.24, 2.45) is 0 Å². The molecule has 1 aliphatic rings. The third-order valence-electron chi connectivity index (χ3n) is 5.24. The topological polar surface area (TPSA) is 51.5 Å². The lowest BCUT2D eigenvalue weighted by Gasteiger charge is -2.13. The molecular formula is C22H23ClN2O3. The van der Waals surface area contributed by atoms with Crippen LogP contribution in [0.15, 0.2) is 41.1 Å². The number of benzene rings is 1. The molecule has 1 aromatic carbocycles. The second-order valence-corrected chi connectivity index (χ2v) is 7.40. The van der Waals surface area contributed by atoms with Crippen LogP contribution in [-0.2, 0) is 14.3 Å². The minimum Gasteiger partial charge on any atom is -0.465 e. The number of aromatic nitrogens is 1. The highest BCUT2D eigenvalue weighted by atomic mass is 35.5. The minimum absolute atomic E-state index is 0.221. The SMILES string of the molecule is COC(=O)C1=C(C)N(C)C(=O)/C1=C\c1cc(C)n(-c2cc(Cl)ccc2C)c1C. The van der Waals surface area contributed by atoms with Gasteiger partial charge in [-0.25, -0.2) is 4.79 Å². The lowest BCUT2D eigenvalue weighted by atomic mass is 10.0. The second-order valence-electron chi connectivity index (χ2n) is 6.97. The molecule has 146 valence electrons. The molecule has 0 fully saturated rings. The summed E-state index contributed by atoms with van der Waals surface area (Å²) in [6, 6.07) is 7.76.